The molecular weight excluding hydrogens is 415 g/mol. The first kappa shape index (κ1) is 16.3. The highest BCUT2D eigenvalue weighted by Gasteiger charge is 2.53. The Morgan fingerprint density at radius 2 is 1.93 bits per heavy atom. The molecule has 2 N–H and O–H groups in total. The summed E-state index contributed by atoms with van der Waals surface area (Å²) in [5, 5.41) is 10.4. The van der Waals surface area contributed by atoms with E-state index >= 15 is 8.63 Å². The molecule has 0 spiro atoms. The van der Waals surface area contributed by atoms with Gasteiger partial charge in [-0.25, -0.2) is 0 Å². The van der Waals surface area contributed by atoms with Crippen molar-refractivity contribution in [2.75, 3.05) is 0 Å². The Balaban J connectivity index is 1.87. The Kier molecular flexibility index (Phi) is 3.36. The molecule has 0 unspecified atom stereocenters. The normalized spacial score (nSPS) is 17.1. The monoisotopic (exact) mass is 427 g/mol. The third-order valence-corrected chi connectivity index (χ3v) is 5.45. The topological polar surface area (TPSA) is 44.0 Å². The molecule has 0 fully saturated rings. The Bertz CT molecular complexity index is 1180. The van der Waals surface area contributed by atoms with Crippen molar-refractivity contribution in [2.24, 2.45) is 0 Å². The van der Waals surface area contributed by atoms with Crippen LogP contribution in [0.1, 0.15) is 11.3 Å². The zero-order chi connectivity index (χ0) is 18.8. The van der Waals surface area contributed by atoms with Crippen LogP contribution >= 0.6 is 15.9 Å². The van der Waals surface area contributed by atoms with Gasteiger partial charge in [0.2, 0.25) is 0 Å². The molecule has 5 rings (SSSR count). The Hall–Kier alpha value is -2.87. The number of benzene rings is 1. The lowest BCUT2D eigenvalue weighted by Crippen LogP contribution is -2.49. The zero-order valence-electron chi connectivity index (χ0n) is 13.9. The number of hydrogen-bond donors (Lipinski definition) is 2. The molecule has 4 nitrogen and oxygen atoms in total. The number of fused-ring (bicyclic) bond motifs is 2. The molecule has 134 valence electrons. The second-order valence-electron chi connectivity index (χ2n) is 6.48. The van der Waals surface area contributed by atoms with E-state index < -0.39 is 6.97 Å². The highest BCUT2D eigenvalue weighted by Crippen LogP contribution is 2.44. The van der Waals surface area contributed by atoms with Gasteiger partial charge in [-0.2, -0.15) is 0 Å². The number of hydrogen-bond acceptors (Lipinski definition) is 1. The number of allylic oxidation sites excluding steroid dienone is 2. The molecule has 4 heterocycles. The first-order valence-corrected chi connectivity index (χ1v) is 9.19. The highest BCUT2D eigenvalue weighted by atomic mass is 79.9. The Labute approximate surface area is 162 Å². The molecule has 8 heteroatoms. The number of nitrogens with zero attached hydrogens (tertiary/aromatic N) is 2. The largest absolute Gasteiger partial charge is 0.737 e. The highest BCUT2D eigenvalue weighted by molar-refractivity contribution is 9.10. The standard InChI is InChI=1S/C19H13BBrF2N3O/c21-12-5-8-18(27)13(11-12)19-16-4-2-10-25(16)20(22,23)26-15(6-7-17(19)26)14-3-1-9-24-14/h1-11,24,27H. The van der Waals surface area contributed by atoms with Crippen LogP contribution in [-0.4, -0.2) is 32.2 Å². The third kappa shape index (κ3) is 2.23. The van der Waals surface area contributed by atoms with Crippen LogP contribution in [0.25, 0.3) is 17.0 Å². The Morgan fingerprint density at radius 3 is 2.70 bits per heavy atom. The molecule has 2 aliphatic heterocycles. The van der Waals surface area contributed by atoms with Gasteiger partial charge in [0, 0.05) is 39.8 Å². The lowest BCUT2D eigenvalue weighted by Gasteiger charge is -2.32. The van der Waals surface area contributed by atoms with Crippen molar-refractivity contribution in [3.8, 4) is 17.1 Å². The average Bonchev–Trinajstić information content (AvgIpc) is 3.37. The van der Waals surface area contributed by atoms with Gasteiger partial charge in [-0.05, 0) is 42.5 Å². The number of H-pyrrole nitrogens is 1. The van der Waals surface area contributed by atoms with Crippen molar-refractivity contribution in [3.63, 3.8) is 0 Å². The summed E-state index contributed by atoms with van der Waals surface area (Å²) in [4.78, 5) is 3.00. The number of nitrogens with one attached hydrogen (secondary N) is 1. The van der Waals surface area contributed by atoms with E-state index in [1.54, 1.807) is 60.8 Å². The maximum absolute atomic E-state index is 15.5. The molecule has 3 aromatic rings. The van der Waals surface area contributed by atoms with Crippen LogP contribution < -0.4 is 0 Å². The van der Waals surface area contributed by atoms with Gasteiger partial charge in [-0.3, -0.25) is 0 Å². The second-order valence-corrected chi connectivity index (χ2v) is 7.40. The predicted octanol–water partition coefficient (Wildman–Crippen LogP) is 4.60. The number of aromatic nitrogens is 2. The van der Waals surface area contributed by atoms with Crippen LogP contribution in [0.15, 0.2) is 71.0 Å². The first-order chi connectivity index (χ1) is 13.0. The summed E-state index contributed by atoms with van der Waals surface area (Å²) in [6, 6.07) is 11.9. The maximum atomic E-state index is 15.5. The minimum Gasteiger partial charge on any atom is -0.507 e. The lowest BCUT2D eigenvalue weighted by atomic mass is 9.85. The minimum absolute atomic E-state index is 0.0350. The van der Waals surface area contributed by atoms with Gasteiger partial charge >= 0.3 is 6.97 Å². The van der Waals surface area contributed by atoms with Gasteiger partial charge in [0.05, 0.1) is 11.3 Å². The summed E-state index contributed by atoms with van der Waals surface area (Å²) in [6.07, 6.45) is 6.33. The molecule has 2 aliphatic rings. The molecule has 2 aromatic heterocycles. The van der Waals surface area contributed by atoms with Crippen LogP contribution in [0.5, 0.6) is 5.75 Å². The number of phenolic OH excluding ortho intramolecular Hbond substituents is 1. The lowest BCUT2D eigenvalue weighted by molar-refractivity contribution is -0.356. The van der Waals surface area contributed by atoms with E-state index in [-0.39, 0.29) is 5.75 Å². The van der Waals surface area contributed by atoms with Crippen LogP contribution in [0.3, 0.4) is 0 Å². The minimum atomic E-state index is -4.07. The number of halogens is 3. The number of phenols is 1. The quantitative estimate of drug-likeness (QED) is 0.576. The maximum Gasteiger partial charge on any atom is 0.737 e. The molecule has 0 atom stereocenters. The van der Waals surface area contributed by atoms with E-state index in [0.717, 1.165) is 13.4 Å². The summed E-state index contributed by atoms with van der Waals surface area (Å²) in [5.74, 6) is 0.0350. The van der Waals surface area contributed by atoms with Gasteiger partial charge in [0.15, 0.2) is 5.70 Å². The van der Waals surface area contributed by atoms with E-state index in [9.17, 15) is 5.11 Å². The molecule has 0 amide bonds. The Morgan fingerprint density at radius 1 is 1.11 bits per heavy atom. The first-order valence-electron chi connectivity index (χ1n) is 8.39. The molecule has 1 aromatic carbocycles. The van der Waals surface area contributed by atoms with Crippen LogP contribution in [0.4, 0.5) is 8.63 Å². The van der Waals surface area contributed by atoms with Gasteiger partial charge in [0.1, 0.15) is 12.0 Å². The van der Waals surface area contributed by atoms with Crippen molar-refractivity contribution in [2.45, 2.75) is 0 Å². The summed E-state index contributed by atoms with van der Waals surface area (Å²) in [7, 11) is 0. The fourth-order valence-electron chi connectivity index (χ4n) is 3.81. The van der Waals surface area contributed by atoms with Crippen LogP contribution in [-0.2, 0) is 0 Å². The van der Waals surface area contributed by atoms with Crippen molar-refractivity contribution in [1.29, 1.82) is 0 Å². The fraction of sp³-hybridized carbons (Fsp3) is 0. The molecule has 0 bridgehead atoms. The SMILES string of the molecule is Oc1ccc(Br)cc1C1=C2C=CC=[N+]2[B-](F)(F)n2c1ccc2-c1ccc[nH]1. The van der Waals surface area contributed by atoms with Crippen molar-refractivity contribution >= 4 is 34.7 Å². The molecular formula is C19H13BBrF2N3O. The van der Waals surface area contributed by atoms with Crippen molar-refractivity contribution < 1.29 is 18.2 Å². The van der Waals surface area contributed by atoms with Crippen LogP contribution in [0, 0.1) is 0 Å². The molecule has 0 saturated heterocycles. The van der Waals surface area contributed by atoms with E-state index in [4.69, 9.17) is 0 Å². The fourth-order valence-corrected chi connectivity index (χ4v) is 4.17. The summed E-state index contributed by atoms with van der Waals surface area (Å²) in [5.41, 5.74) is 2.79. The smallest absolute Gasteiger partial charge is 0.507 e. The van der Waals surface area contributed by atoms with E-state index in [1.807, 2.05) is 0 Å². The van der Waals surface area contributed by atoms with Crippen molar-refractivity contribution in [3.05, 3.63) is 82.2 Å². The molecule has 0 aliphatic carbocycles. The van der Waals surface area contributed by atoms with Crippen LogP contribution in [0.2, 0.25) is 0 Å². The number of rotatable bonds is 2. The average molecular weight is 428 g/mol. The number of aromatic amines is 1. The summed E-state index contributed by atoms with van der Waals surface area (Å²) in [6.45, 7) is -4.07. The molecule has 27 heavy (non-hydrogen) atoms. The van der Waals surface area contributed by atoms with Gasteiger partial charge in [0.25, 0.3) is 0 Å². The molecule has 0 saturated carbocycles. The summed E-state index contributed by atoms with van der Waals surface area (Å²) < 4.78 is 33.7. The van der Waals surface area contributed by atoms with E-state index in [1.165, 1.54) is 6.21 Å². The predicted molar refractivity (Wildman–Crippen MR) is 105 cm³/mol. The number of aromatic hydroxyl groups is 1. The van der Waals surface area contributed by atoms with E-state index in [2.05, 4.69) is 20.9 Å². The molecule has 0 radical (unpaired) electrons. The summed E-state index contributed by atoms with van der Waals surface area (Å²) >= 11 is 3.41. The van der Waals surface area contributed by atoms with Crippen molar-refractivity contribution in [1.82, 2.24) is 9.46 Å². The van der Waals surface area contributed by atoms with E-state index in [0.29, 0.717) is 33.9 Å². The van der Waals surface area contributed by atoms with Gasteiger partial charge in [-0.15, -0.1) is 0 Å². The third-order valence-electron chi connectivity index (χ3n) is 4.96. The second kappa shape index (κ2) is 5.56. The van der Waals surface area contributed by atoms with Gasteiger partial charge < -0.3 is 27.7 Å². The zero-order valence-corrected chi connectivity index (χ0v) is 15.5. The van der Waals surface area contributed by atoms with Gasteiger partial charge in [-0.1, -0.05) is 15.9 Å².